The summed E-state index contributed by atoms with van der Waals surface area (Å²) in [4.78, 5) is 0. The van der Waals surface area contributed by atoms with Crippen molar-refractivity contribution in [2.24, 2.45) is 5.92 Å². The average molecular weight is 288 g/mol. The number of benzene rings is 1. The van der Waals surface area contributed by atoms with Gasteiger partial charge in [-0.15, -0.1) is 0 Å². The lowest BCUT2D eigenvalue weighted by Gasteiger charge is -2.11. The van der Waals surface area contributed by atoms with E-state index in [2.05, 4.69) is 32.8 Å². The molecule has 0 saturated heterocycles. The normalized spacial score (nSPS) is 11.4. The Morgan fingerprint density at radius 2 is 1.76 bits per heavy atom. The molecule has 0 saturated carbocycles. The monoisotopic (exact) mass is 288 g/mol. The van der Waals surface area contributed by atoms with Gasteiger partial charge in [-0.2, -0.15) is 5.10 Å². The lowest BCUT2D eigenvalue weighted by Crippen LogP contribution is -2.04. The van der Waals surface area contributed by atoms with Crippen molar-refractivity contribution in [1.82, 2.24) is 9.78 Å². The number of aromatic hydroxyl groups is 1. The van der Waals surface area contributed by atoms with Gasteiger partial charge < -0.3 is 9.84 Å². The standard InChI is InChI=1S/C17H24N2O2/c1-11(2)10-15-17(20)16(12(3)4)19(18-15)13-6-8-14(21-5)9-7-13/h6-9,11-12,20H,10H2,1-5H3. The molecule has 0 unspecified atom stereocenters. The fourth-order valence-electron chi connectivity index (χ4n) is 2.43. The molecule has 0 aliphatic heterocycles. The smallest absolute Gasteiger partial charge is 0.160 e. The van der Waals surface area contributed by atoms with Crippen LogP contribution in [0.15, 0.2) is 24.3 Å². The van der Waals surface area contributed by atoms with Crippen LogP contribution in [0.1, 0.15) is 45.0 Å². The zero-order chi connectivity index (χ0) is 15.6. The van der Waals surface area contributed by atoms with Crippen LogP contribution in [0.4, 0.5) is 0 Å². The van der Waals surface area contributed by atoms with E-state index in [0.29, 0.717) is 11.7 Å². The van der Waals surface area contributed by atoms with E-state index in [0.717, 1.165) is 29.2 Å². The Balaban J connectivity index is 2.50. The number of methoxy groups -OCH3 is 1. The van der Waals surface area contributed by atoms with Crippen LogP contribution in [0.3, 0.4) is 0 Å². The Labute approximate surface area is 126 Å². The highest BCUT2D eigenvalue weighted by Gasteiger charge is 2.21. The molecule has 0 aliphatic carbocycles. The van der Waals surface area contributed by atoms with Crippen molar-refractivity contribution in [3.63, 3.8) is 0 Å². The molecule has 0 amide bonds. The SMILES string of the molecule is COc1ccc(-n2nc(CC(C)C)c(O)c2C(C)C)cc1. The van der Waals surface area contributed by atoms with Crippen LogP contribution in [0.5, 0.6) is 11.5 Å². The van der Waals surface area contributed by atoms with Crippen molar-refractivity contribution in [3.8, 4) is 17.2 Å². The third-order valence-electron chi connectivity index (χ3n) is 3.43. The zero-order valence-corrected chi connectivity index (χ0v) is 13.4. The minimum Gasteiger partial charge on any atom is -0.504 e. The number of hydrogen-bond donors (Lipinski definition) is 1. The molecule has 0 spiro atoms. The molecule has 1 heterocycles. The van der Waals surface area contributed by atoms with Crippen LogP contribution in [0.25, 0.3) is 5.69 Å². The second kappa shape index (κ2) is 6.20. The van der Waals surface area contributed by atoms with Gasteiger partial charge in [0.1, 0.15) is 11.4 Å². The first-order valence-corrected chi connectivity index (χ1v) is 7.39. The Morgan fingerprint density at radius 1 is 1.14 bits per heavy atom. The largest absolute Gasteiger partial charge is 0.504 e. The summed E-state index contributed by atoms with van der Waals surface area (Å²) in [7, 11) is 1.65. The minimum atomic E-state index is 0.195. The molecule has 1 aromatic heterocycles. The van der Waals surface area contributed by atoms with E-state index in [4.69, 9.17) is 4.74 Å². The fraction of sp³-hybridized carbons (Fsp3) is 0.471. The highest BCUT2D eigenvalue weighted by molar-refractivity contribution is 5.44. The Morgan fingerprint density at radius 3 is 2.24 bits per heavy atom. The van der Waals surface area contributed by atoms with Crippen molar-refractivity contribution in [2.45, 2.75) is 40.0 Å². The predicted octanol–water partition coefficient (Wildman–Crippen LogP) is 3.91. The fourth-order valence-corrected chi connectivity index (χ4v) is 2.43. The Bertz CT molecular complexity index is 598. The molecule has 2 aromatic rings. The van der Waals surface area contributed by atoms with Crippen molar-refractivity contribution in [3.05, 3.63) is 35.7 Å². The summed E-state index contributed by atoms with van der Waals surface area (Å²) in [5.74, 6) is 1.79. The van der Waals surface area contributed by atoms with Crippen LogP contribution in [0.2, 0.25) is 0 Å². The quantitative estimate of drug-likeness (QED) is 0.907. The predicted molar refractivity (Wildman–Crippen MR) is 84.4 cm³/mol. The van der Waals surface area contributed by atoms with E-state index in [1.54, 1.807) is 7.11 Å². The van der Waals surface area contributed by atoms with Gasteiger partial charge in [-0.3, -0.25) is 0 Å². The van der Waals surface area contributed by atoms with E-state index in [1.165, 1.54) is 0 Å². The average Bonchev–Trinajstić information content (AvgIpc) is 2.75. The molecule has 1 aromatic carbocycles. The van der Waals surface area contributed by atoms with Crippen LogP contribution in [0, 0.1) is 5.92 Å². The van der Waals surface area contributed by atoms with E-state index in [1.807, 2.05) is 28.9 Å². The van der Waals surface area contributed by atoms with Crippen LogP contribution < -0.4 is 4.74 Å². The maximum atomic E-state index is 10.5. The van der Waals surface area contributed by atoms with E-state index in [-0.39, 0.29) is 5.92 Å². The van der Waals surface area contributed by atoms with Gasteiger partial charge in [0.15, 0.2) is 5.75 Å². The molecule has 114 valence electrons. The number of aromatic nitrogens is 2. The molecule has 21 heavy (non-hydrogen) atoms. The lowest BCUT2D eigenvalue weighted by molar-refractivity contribution is 0.414. The number of rotatable bonds is 5. The molecular weight excluding hydrogens is 264 g/mol. The summed E-state index contributed by atoms with van der Waals surface area (Å²) in [5.41, 5.74) is 2.56. The minimum absolute atomic E-state index is 0.195. The summed E-state index contributed by atoms with van der Waals surface area (Å²) in [6.45, 7) is 8.38. The van der Waals surface area contributed by atoms with E-state index >= 15 is 0 Å². The molecule has 4 nitrogen and oxygen atoms in total. The summed E-state index contributed by atoms with van der Waals surface area (Å²) in [6.07, 6.45) is 0.773. The molecule has 0 radical (unpaired) electrons. The lowest BCUT2D eigenvalue weighted by atomic mass is 10.0. The van der Waals surface area contributed by atoms with E-state index < -0.39 is 0 Å². The van der Waals surface area contributed by atoms with Crippen molar-refractivity contribution >= 4 is 0 Å². The van der Waals surface area contributed by atoms with Crippen molar-refractivity contribution in [2.75, 3.05) is 7.11 Å². The molecule has 4 heteroatoms. The van der Waals surface area contributed by atoms with Crippen molar-refractivity contribution in [1.29, 1.82) is 0 Å². The molecular formula is C17H24N2O2. The summed E-state index contributed by atoms with van der Waals surface area (Å²) >= 11 is 0. The summed E-state index contributed by atoms with van der Waals surface area (Å²) in [6, 6.07) is 7.72. The third kappa shape index (κ3) is 3.20. The van der Waals surface area contributed by atoms with Crippen LogP contribution in [-0.2, 0) is 6.42 Å². The van der Waals surface area contributed by atoms with Gasteiger partial charge in [-0.05, 0) is 42.5 Å². The van der Waals surface area contributed by atoms with Gasteiger partial charge in [-0.25, -0.2) is 4.68 Å². The zero-order valence-electron chi connectivity index (χ0n) is 13.4. The topological polar surface area (TPSA) is 47.3 Å². The van der Waals surface area contributed by atoms with Gasteiger partial charge in [0, 0.05) is 0 Å². The Hall–Kier alpha value is -1.97. The molecule has 0 aliphatic rings. The van der Waals surface area contributed by atoms with Gasteiger partial charge in [-0.1, -0.05) is 27.7 Å². The van der Waals surface area contributed by atoms with Gasteiger partial charge in [0.25, 0.3) is 0 Å². The highest BCUT2D eigenvalue weighted by Crippen LogP contribution is 2.32. The highest BCUT2D eigenvalue weighted by atomic mass is 16.5. The van der Waals surface area contributed by atoms with Crippen molar-refractivity contribution < 1.29 is 9.84 Å². The number of nitrogens with zero attached hydrogens (tertiary/aromatic N) is 2. The molecule has 0 atom stereocenters. The number of hydrogen-bond acceptors (Lipinski definition) is 3. The molecule has 0 bridgehead atoms. The summed E-state index contributed by atoms with van der Waals surface area (Å²) < 4.78 is 7.03. The molecule has 0 fully saturated rings. The van der Waals surface area contributed by atoms with Crippen LogP contribution in [-0.4, -0.2) is 22.0 Å². The first kappa shape index (κ1) is 15.4. The maximum Gasteiger partial charge on any atom is 0.160 e. The molecule has 2 rings (SSSR count). The van der Waals surface area contributed by atoms with Gasteiger partial charge >= 0.3 is 0 Å². The first-order valence-electron chi connectivity index (χ1n) is 7.39. The van der Waals surface area contributed by atoms with Gasteiger partial charge in [0.2, 0.25) is 0 Å². The number of ether oxygens (including phenoxy) is 1. The third-order valence-corrected chi connectivity index (χ3v) is 3.43. The van der Waals surface area contributed by atoms with Gasteiger partial charge in [0.05, 0.1) is 18.5 Å². The Kier molecular flexibility index (Phi) is 4.56. The maximum absolute atomic E-state index is 10.5. The first-order chi connectivity index (χ1) is 9.93. The van der Waals surface area contributed by atoms with E-state index in [9.17, 15) is 5.11 Å². The van der Waals surface area contributed by atoms with Crippen LogP contribution >= 0.6 is 0 Å². The summed E-state index contributed by atoms with van der Waals surface area (Å²) in [5, 5.41) is 15.1. The second-order valence-corrected chi connectivity index (χ2v) is 6.04. The molecule has 1 N–H and O–H groups in total. The second-order valence-electron chi connectivity index (χ2n) is 6.04.